The van der Waals surface area contributed by atoms with Crippen LogP contribution in [0.3, 0.4) is 0 Å². The van der Waals surface area contributed by atoms with E-state index in [1.807, 2.05) is 24.1 Å². The minimum atomic E-state index is -0.288. The summed E-state index contributed by atoms with van der Waals surface area (Å²) in [4.78, 5) is 1.92. The van der Waals surface area contributed by atoms with Crippen molar-refractivity contribution in [1.29, 1.82) is 0 Å². The molecule has 0 aliphatic carbocycles. The molecule has 0 aliphatic rings. The average Bonchev–Trinajstić information content (AvgIpc) is 2.45. The maximum Gasteiger partial charge on any atom is 0.151 e. The van der Waals surface area contributed by atoms with E-state index in [1.54, 1.807) is 12.1 Å². The van der Waals surface area contributed by atoms with Gasteiger partial charge >= 0.3 is 0 Å². The summed E-state index contributed by atoms with van der Waals surface area (Å²) in [5.41, 5.74) is 1.34. The molecule has 0 spiro atoms. The van der Waals surface area contributed by atoms with Crippen LogP contribution in [-0.4, -0.2) is 35.5 Å². The molecule has 1 N–H and O–H groups in total. The van der Waals surface area contributed by atoms with Gasteiger partial charge in [0.15, 0.2) is 5.82 Å². The molecule has 0 saturated heterocycles. The minimum absolute atomic E-state index is 0.152. The molecule has 1 heterocycles. The van der Waals surface area contributed by atoms with Crippen molar-refractivity contribution in [2.75, 3.05) is 25.1 Å². The molecule has 0 amide bonds. The molecule has 0 unspecified atom stereocenters. The number of hydrogen-bond acceptors (Lipinski definition) is 4. The van der Waals surface area contributed by atoms with Crippen molar-refractivity contribution in [3.8, 4) is 11.3 Å². The van der Waals surface area contributed by atoms with E-state index in [2.05, 4.69) is 10.2 Å². The molecule has 2 aromatic rings. The first-order valence-electron chi connectivity index (χ1n) is 6.12. The van der Waals surface area contributed by atoms with Gasteiger partial charge in [0.25, 0.3) is 0 Å². The Labute approximate surface area is 111 Å². The van der Waals surface area contributed by atoms with E-state index in [-0.39, 0.29) is 12.4 Å². The molecule has 5 heteroatoms. The van der Waals surface area contributed by atoms with Crippen LogP contribution in [-0.2, 0) is 0 Å². The highest BCUT2D eigenvalue weighted by Crippen LogP contribution is 2.18. The number of halogens is 1. The zero-order valence-electron chi connectivity index (χ0n) is 10.8. The van der Waals surface area contributed by atoms with Crippen LogP contribution in [0, 0.1) is 5.82 Å². The maximum atomic E-state index is 13.1. The molecule has 0 radical (unpaired) electrons. The molecule has 1 aromatic carbocycles. The summed E-state index contributed by atoms with van der Waals surface area (Å²) in [6, 6.07) is 9.92. The first-order chi connectivity index (χ1) is 9.20. The molecule has 100 valence electrons. The Morgan fingerprint density at radius 3 is 2.68 bits per heavy atom. The normalized spacial score (nSPS) is 10.5. The van der Waals surface area contributed by atoms with Gasteiger partial charge in [-0.1, -0.05) is 12.1 Å². The Kier molecular flexibility index (Phi) is 4.41. The molecule has 0 atom stereocenters. The number of nitrogens with zero attached hydrogens (tertiary/aromatic N) is 3. The van der Waals surface area contributed by atoms with Gasteiger partial charge in [0.05, 0.1) is 5.69 Å². The van der Waals surface area contributed by atoms with Gasteiger partial charge in [-0.3, -0.25) is 0 Å². The van der Waals surface area contributed by atoms with Gasteiger partial charge < -0.3 is 10.0 Å². The smallest absolute Gasteiger partial charge is 0.151 e. The van der Waals surface area contributed by atoms with Gasteiger partial charge in [-0.15, -0.1) is 10.2 Å². The average molecular weight is 261 g/mol. The number of rotatable bonds is 5. The quantitative estimate of drug-likeness (QED) is 0.895. The summed E-state index contributed by atoms with van der Waals surface area (Å²) in [7, 11) is 1.89. The molecule has 1 aromatic heterocycles. The predicted molar refractivity (Wildman–Crippen MR) is 72.4 cm³/mol. The van der Waals surface area contributed by atoms with E-state index in [0.717, 1.165) is 5.82 Å². The fourth-order valence-electron chi connectivity index (χ4n) is 1.75. The standard InChI is InChI=1S/C14H16FN3O/c1-18(8-3-9-19)14-7-6-13(16-17-14)11-4-2-5-12(15)10-11/h2,4-7,10,19H,3,8-9H2,1H3. The second kappa shape index (κ2) is 6.24. The lowest BCUT2D eigenvalue weighted by atomic mass is 10.1. The maximum absolute atomic E-state index is 13.1. The first kappa shape index (κ1) is 13.4. The van der Waals surface area contributed by atoms with Crippen LogP contribution in [0.2, 0.25) is 0 Å². The highest BCUT2D eigenvalue weighted by atomic mass is 19.1. The molecule has 0 fully saturated rings. The third kappa shape index (κ3) is 3.48. The SMILES string of the molecule is CN(CCCO)c1ccc(-c2cccc(F)c2)nn1. The zero-order valence-corrected chi connectivity index (χ0v) is 10.8. The predicted octanol–water partition coefficient (Wildman–Crippen LogP) is 2.10. The van der Waals surface area contributed by atoms with E-state index < -0.39 is 0 Å². The second-order valence-electron chi connectivity index (χ2n) is 4.29. The number of anilines is 1. The lowest BCUT2D eigenvalue weighted by Crippen LogP contribution is -2.20. The Bertz CT molecular complexity index is 530. The van der Waals surface area contributed by atoms with Crippen molar-refractivity contribution < 1.29 is 9.50 Å². The van der Waals surface area contributed by atoms with Crippen molar-refractivity contribution in [3.63, 3.8) is 0 Å². The van der Waals surface area contributed by atoms with Gasteiger partial charge in [-0.05, 0) is 30.7 Å². The molecular weight excluding hydrogens is 245 g/mol. The molecule has 0 aliphatic heterocycles. The Balaban J connectivity index is 2.14. The van der Waals surface area contributed by atoms with Crippen molar-refractivity contribution in [1.82, 2.24) is 10.2 Å². The molecule has 0 saturated carbocycles. The molecule has 2 rings (SSSR count). The summed E-state index contributed by atoms with van der Waals surface area (Å²) < 4.78 is 13.1. The second-order valence-corrected chi connectivity index (χ2v) is 4.29. The minimum Gasteiger partial charge on any atom is -0.396 e. The third-order valence-corrected chi connectivity index (χ3v) is 2.81. The summed E-state index contributed by atoms with van der Waals surface area (Å²) in [5, 5.41) is 17.0. The first-order valence-corrected chi connectivity index (χ1v) is 6.12. The third-order valence-electron chi connectivity index (χ3n) is 2.81. The number of hydrogen-bond donors (Lipinski definition) is 1. The van der Waals surface area contributed by atoms with Crippen LogP contribution < -0.4 is 4.90 Å². The van der Waals surface area contributed by atoms with Gasteiger partial charge in [0.2, 0.25) is 0 Å². The summed E-state index contributed by atoms with van der Waals surface area (Å²) >= 11 is 0. The van der Waals surface area contributed by atoms with Crippen LogP contribution in [0.4, 0.5) is 10.2 Å². The van der Waals surface area contributed by atoms with E-state index in [4.69, 9.17) is 5.11 Å². The van der Waals surface area contributed by atoms with E-state index >= 15 is 0 Å². The monoisotopic (exact) mass is 261 g/mol. The van der Waals surface area contributed by atoms with Gasteiger partial charge in [-0.25, -0.2) is 4.39 Å². The van der Waals surface area contributed by atoms with Crippen LogP contribution in [0.25, 0.3) is 11.3 Å². The van der Waals surface area contributed by atoms with Gasteiger partial charge in [0, 0.05) is 25.8 Å². The number of aliphatic hydroxyl groups excluding tert-OH is 1. The fourth-order valence-corrected chi connectivity index (χ4v) is 1.75. The number of aliphatic hydroxyl groups is 1. The van der Waals surface area contributed by atoms with E-state index in [9.17, 15) is 4.39 Å². The Morgan fingerprint density at radius 2 is 2.05 bits per heavy atom. The lowest BCUT2D eigenvalue weighted by Gasteiger charge is -2.16. The zero-order chi connectivity index (χ0) is 13.7. The topological polar surface area (TPSA) is 49.2 Å². The van der Waals surface area contributed by atoms with Crippen LogP contribution in [0.1, 0.15) is 6.42 Å². The Hall–Kier alpha value is -2.01. The summed E-state index contributed by atoms with van der Waals surface area (Å²) in [6.07, 6.45) is 0.684. The van der Waals surface area contributed by atoms with Crippen molar-refractivity contribution in [2.24, 2.45) is 0 Å². The van der Waals surface area contributed by atoms with Gasteiger partial charge in [0.1, 0.15) is 5.82 Å². The van der Waals surface area contributed by atoms with Crippen LogP contribution in [0.15, 0.2) is 36.4 Å². The van der Waals surface area contributed by atoms with Crippen LogP contribution >= 0.6 is 0 Å². The van der Waals surface area contributed by atoms with E-state index in [0.29, 0.717) is 24.2 Å². The van der Waals surface area contributed by atoms with Crippen molar-refractivity contribution >= 4 is 5.82 Å². The number of benzene rings is 1. The number of aromatic nitrogens is 2. The molecule has 19 heavy (non-hydrogen) atoms. The molecule has 0 bridgehead atoms. The molecular formula is C14H16FN3O. The summed E-state index contributed by atoms with van der Waals surface area (Å²) in [6.45, 7) is 0.865. The van der Waals surface area contributed by atoms with Crippen molar-refractivity contribution in [3.05, 3.63) is 42.2 Å². The lowest BCUT2D eigenvalue weighted by molar-refractivity contribution is 0.290. The summed E-state index contributed by atoms with van der Waals surface area (Å²) in [5.74, 6) is 0.442. The van der Waals surface area contributed by atoms with Crippen molar-refractivity contribution in [2.45, 2.75) is 6.42 Å². The van der Waals surface area contributed by atoms with E-state index in [1.165, 1.54) is 12.1 Å². The highest BCUT2D eigenvalue weighted by molar-refractivity contribution is 5.59. The van der Waals surface area contributed by atoms with Crippen LogP contribution in [0.5, 0.6) is 0 Å². The highest BCUT2D eigenvalue weighted by Gasteiger charge is 2.05. The van der Waals surface area contributed by atoms with Gasteiger partial charge in [-0.2, -0.15) is 0 Å². The molecule has 4 nitrogen and oxygen atoms in total. The fraction of sp³-hybridized carbons (Fsp3) is 0.286. The Morgan fingerprint density at radius 1 is 1.21 bits per heavy atom. The largest absolute Gasteiger partial charge is 0.396 e.